The van der Waals surface area contributed by atoms with Gasteiger partial charge in [0.05, 0.1) is 6.61 Å². The third-order valence-electron chi connectivity index (χ3n) is 3.59. The number of hydrogen-bond acceptors (Lipinski definition) is 4. The number of primary amides is 1. The molecule has 1 aromatic rings. The molecule has 1 aliphatic rings. The molecule has 0 heterocycles. The number of hydrogen-bond donors (Lipinski definition) is 3. The van der Waals surface area contributed by atoms with E-state index in [0.717, 1.165) is 24.9 Å². The van der Waals surface area contributed by atoms with Crippen LogP contribution < -0.4 is 15.8 Å². The molecule has 0 bridgehead atoms. The maximum Gasteiger partial charge on any atom is 0.255 e. The Hall–Kier alpha value is -1.59. The average molecular weight is 264 g/mol. The van der Waals surface area contributed by atoms with Gasteiger partial charge in [0.15, 0.2) is 6.61 Å². The second kappa shape index (κ2) is 6.04. The van der Waals surface area contributed by atoms with Crippen LogP contribution in [0.5, 0.6) is 5.75 Å². The Bertz CT molecular complexity index is 421. The molecule has 4 N–H and O–H groups in total. The third-order valence-corrected chi connectivity index (χ3v) is 3.59. The van der Waals surface area contributed by atoms with E-state index >= 15 is 0 Å². The molecule has 0 radical (unpaired) electrons. The first-order chi connectivity index (χ1) is 9.13. The Morgan fingerprint density at radius 1 is 1.37 bits per heavy atom. The molecule has 1 fully saturated rings. The number of nitrogens with one attached hydrogen (secondary N) is 1. The standard InChI is InChI=1S/C14H20N2O3/c15-13(18)9-19-12-4-2-11(3-5-12)8-16-14(10-17)6-1-7-14/h2-5,16-17H,1,6-10H2,(H2,15,18). The van der Waals surface area contributed by atoms with Gasteiger partial charge in [0.1, 0.15) is 5.75 Å². The fraction of sp³-hybridized carbons (Fsp3) is 0.500. The van der Waals surface area contributed by atoms with Crippen LogP contribution in [0.25, 0.3) is 0 Å². The van der Waals surface area contributed by atoms with E-state index in [-0.39, 0.29) is 18.8 Å². The van der Waals surface area contributed by atoms with Crippen molar-refractivity contribution in [1.29, 1.82) is 0 Å². The van der Waals surface area contributed by atoms with Crippen molar-refractivity contribution in [2.45, 2.75) is 31.3 Å². The van der Waals surface area contributed by atoms with Crippen molar-refractivity contribution in [3.05, 3.63) is 29.8 Å². The van der Waals surface area contributed by atoms with Gasteiger partial charge in [-0.1, -0.05) is 12.1 Å². The van der Waals surface area contributed by atoms with Crippen LogP contribution in [0.15, 0.2) is 24.3 Å². The molecule has 1 aromatic carbocycles. The van der Waals surface area contributed by atoms with Gasteiger partial charge in [0.25, 0.3) is 5.91 Å². The lowest BCUT2D eigenvalue weighted by atomic mass is 9.77. The van der Waals surface area contributed by atoms with Gasteiger partial charge in [0.2, 0.25) is 0 Å². The van der Waals surface area contributed by atoms with Gasteiger partial charge in [-0.15, -0.1) is 0 Å². The van der Waals surface area contributed by atoms with Gasteiger partial charge in [-0.25, -0.2) is 0 Å². The summed E-state index contributed by atoms with van der Waals surface area (Å²) < 4.78 is 5.19. The SMILES string of the molecule is NC(=O)COc1ccc(CNC2(CO)CCC2)cc1. The number of carbonyl (C=O) groups is 1. The Morgan fingerprint density at radius 3 is 2.53 bits per heavy atom. The molecule has 19 heavy (non-hydrogen) atoms. The maximum absolute atomic E-state index is 10.6. The van der Waals surface area contributed by atoms with Crippen LogP contribution in [0, 0.1) is 0 Å². The lowest BCUT2D eigenvalue weighted by molar-refractivity contribution is -0.119. The molecule has 0 aromatic heterocycles. The van der Waals surface area contributed by atoms with E-state index in [1.807, 2.05) is 24.3 Å². The summed E-state index contributed by atoms with van der Waals surface area (Å²) in [7, 11) is 0. The molecular formula is C14H20N2O3. The van der Waals surface area contributed by atoms with Crippen molar-refractivity contribution in [3.63, 3.8) is 0 Å². The number of benzene rings is 1. The first-order valence-corrected chi connectivity index (χ1v) is 6.49. The summed E-state index contributed by atoms with van der Waals surface area (Å²) in [4.78, 5) is 10.6. The van der Waals surface area contributed by atoms with Gasteiger partial charge >= 0.3 is 0 Å². The molecule has 5 heteroatoms. The van der Waals surface area contributed by atoms with Crippen LogP contribution in [-0.2, 0) is 11.3 Å². The average Bonchev–Trinajstić information content (AvgIpc) is 2.37. The van der Waals surface area contributed by atoms with Crippen molar-refractivity contribution in [3.8, 4) is 5.75 Å². The summed E-state index contributed by atoms with van der Waals surface area (Å²) in [5.74, 6) is 0.142. The fourth-order valence-electron chi connectivity index (χ4n) is 2.14. The summed E-state index contributed by atoms with van der Waals surface area (Å²) in [5, 5.41) is 12.8. The van der Waals surface area contributed by atoms with E-state index in [0.29, 0.717) is 5.75 Å². The zero-order valence-corrected chi connectivity index (χ0v) is 10.9. The zero-order valence-electron chi connectivity index (χ0n) is 10.9. The number of nitrogens with two attached hydrogens (primary N) is 1. The van der Waals surface area contributed by atoms with Crippen LogP contribution in [0.1, 0.15) is 24.8 Å². The second-order valence-electron chi connectivity index (χ2n) is 5.04. The predicted molar refractivity (Wildman–Crippen MR) is 71.6 cm³/mol. The molecule has 0 spiro atoms. The summed E-state index contributed by atoms with van der Waals surface area (Å²) in [5.41, 5.74) is 6.04. The zero-order chi connectivity index (χ0) is 13.7. The largest absolute Gasteiger partial charge is 0.484 e. The highest BCUT2D eigenvalue weighted by atomic mass is 16.5. The summed E-state index contributed by atoms with van der Waals surface area (Å²) in [6, 6.07) is 7.50. The number of ether oxygens (including phenoxy) is 1. The summed E-state index contributed by atoms with van der Waals surface area (Å²) in [6.07, 6.45) is 3.24. The first-order valence-electron chi connectivity index (χ1n) is 6.49. The molecule has 104 valence electrons. The minimum Gasteiger partial charge on any atom is -0.484 e. The van der Waals surface area contributed by atoms with Crippen LogP contribution >= 0.6 is 0 Å². The lowest BCUT2D eigenvalue weighted by Gasteiger charge is -2.41. The Morgan fingerprint density at radius 2 is 2.05 bits per heavy atom. The number of rotatable bonds is 7. The minimum absolute atomic E-state index is 0.0822. The summed E-state index contributed by atoms with van der Waals surface area (Å²) in [6.45, 7) is 0.800. The number of aliphatic hydroxyl groups is 1. The van der Waals surface area contributed by atoms with Crippen molar-refractivity contribution in [2.75, 3.05) is 13.2 Å². The molecular weight excluding hydrogens is 244 g/mol. The molecule has 5 nitrogen and oxygen atoms in total. The Kier molecular flexibility index (Phi) is 4.39. The maximum atomic E-state index is 10.6. The number of aliphatic hydroxyl groups excluding tert-OH is 1. The van der Waals surface area contributed by atoms with E-state index in [2.05, 4.69) is 5.32 Å². The highest BCUT2D eigenvalue weighted by Gasteiger charge is 2.35. The lowest BCUT2D eigenvalue weighted by Crippen LogP contribution is -2.53. The highest BCUT2D eigenvalue weighted by molar-refractivity contribution is 5.75. The van der Waals surface area contributed by atoms with Gasteiger partial charge < -0.3 is 20.9 Å². The number of amides is 1. The Labute approximate surface area is 112 Å². The molecule has 0 saturated heterocycles. The third kappa shape index (κ3) is 3.68. The van der Waals surface area contributed by atoms with Crippen LogP contribution in [-0.4, -0.2) is 29.8 Å². The normalized spacial score (nSPS) is 16.7. The second-order valence-corrected chi connectivity index (χ2v) is 5.04. The molecule has 0 unspecified atom stereocenters. The smallest absolute Gasteiger partial charge is 0.255 e. The molecule has 0 aliphatic heterocycles. The van der Waals surface area contributed by atoms with E-state index in [1.54, 1.807) is 0 Å². The first kappa shape index (κ1) is 13.8. The monoisotopic (exact) mass is 264 g/mol. The van der Waals surface area contributed by atoms with Crippen molar-refractivity contribution >= 4 is 5.91 Å². The van der Waals surface area contributed by atoms with Crippen LogP contribution in [0.2, 0.25) is 0 Å². The molecule has 2 rings (SSSR count). The van der Waals surface area contributed by atoms with Gasteiger partial charge in [-0.3, -0.25) is 4.79 Å². The molecule has 1 saturated carbocycles. The van der Waals surface area contributed by atoms with Crippen LogP contribution in [0.4, 0.5) is 0 Å². The molecule has 1 aliphatic carbocycles. The van der Waals surface area contributed by atoms with Crippen molar-refractivity contribution in [2.24, 2.45) is 5.73 Å². The minimum atomic E-state index is -0.486. The molecule has 0 atom stereocenters. The van der Waals surface area contributed by atoms with Gasteiger partial charge in [0, 0.05) is 12.1 Å². The molecule has 1 amide bonds. The fourth-order valence-corrected chi connectivity index (χ4v) is 2.14. The quantitative estimate of drug-likeness (QED) is 0.671. The highest BCUT2D eigenvalue weighted by Crippen LogP contribution is 2.31. The van der Waals surface area contributed by atoms with Crippen molar-refractivity contribution < 1.29 is 14.6 Å². The predicted octanol–water partition coefficient (Wildman–Crippen LogP) is 0.555. The Balaban J connectivity index is 1.83. The summed E-state index contributed by atoms with van der Waals surface area (Å²) >= 11 is 0. The van der Waals surface area contributed by atoms with E-state index in [1.165, 1.54) is 6.42 Å². The van der Waals surface area contributed by atoms with E-state index in [9.17, 15) is 9.90 Å². The number of carbonyl (C=O) groups excluding carboxylic acids is 1. The van der Waals surface area contributed by atoms with Gasteiger partial charge in [-0.05, 0) is 37.0 Å². The van der Waals surface area contributed by atoms with Crippen LogP contribution in [0.3, 0.4) is 0 Å². The van der Waals surface area contributed by atoms with Crippen molar-refractivity contribution in [1.82, 2.24) is 5.32 Å². The van der Waals surface area contributed by atoms with E-state index < -0.39 is 5.91 Å². The van der Waals surface area contributed by atoms with Gasteiger partial charge in [-0.2, -0.15) is 0 Å². The van der Waals surface area contributed by atoms with E-state index in [4.69, 9.17) is 10.5 Å². The topological polar surface area (TPSA) is 84.6 Å².